The van der Waals surface area contributed by atoms with E-state index >= 15 is 0 Å². The summed E-state index contributed by atoms with van der Waals surface area (Å²) in [6.07, 6.45) is 6.14. The number of benzene rings is 1. The van der Waals surface area contributed by atoms with Gasteiger partial charge in [-0.2, -0.15) is 0 Å². The summed E-state index contributed by atoms with van der Waals surface area (Å²) in [5.74, 6) is 0.504. The predicted molar refractivity (Wildman–Crippen MR) is 133 cm³/mol. The van der Waals surface area contributed by atoms with Gasteiger partial charge in [-0.1, -0.05) is 43.2 Å². The Morgan fingerprint density at radius 2 is 1.89 bits per heavy atom. The number of anilines is 1. The quantitative estimate of drug-likeness (QED) is 0.415. The molecule has 5 rings (SSSR count). The fourth-order valence-electron chi connectivity index (χ4n) is 6.07. The van der Waals surface area contributed by atoms with Gasteiger partial charge in [-0.3, -0.25) is 14.5 Å². The van der Waals surface area contributed by atoms with E-state index in [0.29, 0.717) is 24.5 Å². The van der Waals surface area contributed by atoms with Crippen LogP contribution in [0.3, 0.4) is 0 Å². The van der Waals surface area contributed by atoms with Gasteiger partial charge in [0.05, 0.1) is 30.2 Å². The molecule has 2 fully saturated rings. The second kappa shape index (κ2) is 9.96. The maximum atomic E-state index is 13.5. The number of carbonyl (C=O) groups excluding carboxylic acids is 2. The van der Waals surface area contributed by atoms with Gasteiger partial charge in [-0.05, 0) is 68.0 Å². The van der Waals surface area contributed by atoms with Crippen molar-refractivity contribution in [3.8, 4) is 0 Å². The fourth-order valence-corrected chi connectivity index (χ4v) is 6.07. The summed E-state index contributed by atoms with van der Waals surface area (Å²) in [5, 5.41) is 9.24. The van der Waals surface area contributed by atoms with E-state index in [1.807, 2.05) is 36.4 Å². The lowest BCUT2D eigenvalue weighted by Crippen LogP contribution is -2.34. The minimum absolute atomic E-state index is 0.0231. The van der Waals surface area contributed by atoms with Crippen LogP contribution in [0.1, 0.15) is 57.5 Å². The van der Waals surface area contributed by atoms with Crippen molar-refractivity contribution in [1.82, 2.24) is 0 Å². The van der Waals surface area contributed by atoms with E-state index < -0.39 is 0 Å². The first kappa shape index (κ1) is 23.8. The van der Waals surface area contributed by atoms with Gasteiger partial charge in [-0.25, -0.2) is 0 Å². The van der Waals surface area contributed by atoms with Crippen molar-refractivity contribution in [3.63, 3.8) is 0 Å². The topological polar surface area (TPSA) is 80.0 Å². The van der Waals surface area contributed by atoms with Gasteiger partial charge >= 0.3 is 0 Å². The number of fused-ring (bicyclic) bond motifs is 3. The molecule has 0 spiro atoms. The van der Waals surface area contributed by atoms with E-state index in [0.717, 1.165) is 31.4 Å². The zero-order valence-electron chi connectivity index (χ0n) is 20.4. The fraction of sp³-hybridized carbons (Fsp3) is 0.448. The standard InChI is InChI=1S/C29H33NO5/c1-3-18(14-21-11-12-22(16-31)35-21)10-13-25-26-19(4-2)15-23-27(24(26)17-34-25)29(33)30(28(23)32)20-8-6-5-7-9-20/h5-9,11-12,14,23-25,27,31H,3-4,10,13,15-17H2,1-2H3/b18-14+/t23-,24+,25-,27-/m1/s1. The van der Waals surface area contributed by atoms with Crippen LogP contribution < -0.4 is 4.90 Å². The van der Waals surface area contributed by atoms with E-state index in [1.54, 1.807) is 6.07 Å². The molecule has 0 radical (unpaired) electrons. The van der Waals surface area contributed by atoms with E-state index in [1.165, 1.54) is 21.6 Å². The Hall–Kier alpha value is -2.96. The van der Waals surface area contributed by atoms with Crippen LogP contribution in [0.4, 0.5) is 5.69 Å². The second-order valence-electron chi connectivity index (χ2n) is 9.68. The van der Waals surface area contributed by atoms with Gasteiger partial charge in [0.1, 0.15) is 18.1 Å². The minimum atomic E-state index is -0.334. The molecule has 184 valence electrons. The molecule has 2 amide bonds. The summed E-state index contributed by atoms with van der Waals surface area (Å²) in [6, 6.07) is 12.9. The number of hydrogen-bond donors (Lipinski definition) is 1. The van der Waals surface area contributed by atoms with Crippen LogP contribution in [-0.4, -0.2) is 29.6 Å². The SMILES string of the molecule is CCC1=C2[C@@H](CC/C(=C/c3ccc(CO)o3)CC)OC[C@@H]2[C@@H]2C(=O)N(c3ccccc3)C(=O)[C@@H]2C1. The molecular formula is C29H33NO5. The van der Waals surface area contributed by atoms with Crippen LogP contribution in [-0.2, 0) is 20.9 Å². The number of allylic oxidation sites excluding steroid dienone is 2. The van der Waals surface area contributed by atoms with Crippen LogP contribution in [0.5, 0.6) is 0 Å². The highest BCUT2D eigenvalue weighted by Gasteiger charge is 2.57. The van der Waals surface area contributed by atoms with Crippen molar-refractivity contribution < 1.29 is 23.8 Å². The van der Waals surface area contributed by atoms with Gasteiger partial charge in [-0.15, -0.1) is 0 Å². The van der Waals surface area contributed by atoms with Gasteiger partial charge in [0.25, 0.3) is 0 Å². The average molecular weight is 476 g/mol. The molecule has 6 heteroatoms. The number of rotatable bonds is 8. The van der Waals surface area contributed by atoms with E-state index in [9.17, 15) is 14.7 Å². The molecule has 1 aromatic carbocycles. The van der Waals surface area contributed by atoms with Crippen molar-refractivity contribution in [1.29, 1.82) is 0 Å². The molecule has 0 unspecified atom stereocenters. The van der Waals surface area contributed by atoms with Crippen molar-refractivity contribution in [2.75, 3.05) is 11.5 Å². The number of amides is 2. The summed E-state index contributed by atoms with van der Waals surface area (Å²) in [5.41, 5.74) is 4.47. The molecule has 0 saturated carbocycles. The van der Waals surface area contributed by atoms with Gasteiger partial charge in [0.15, 0.2) is 0 Å². The normalized spacial score (nSPS) is 26.5. The Kier molecular flexibility index (Phi) is 6.76. The number of ether oxygens (including phenoxy) is 1. The maximum Gasteiger partial charge on any atom is 0.238 e. The van der Waals surface area contributed by atoms with E-state index in [-0.39, 0.29) is 42.3 Å². The summed E-state index contributed by atoms with van der Waals surface area (Å²) in [7, 11) is 0. The molecule has 2 aromatic rings. The zero-order valence-corrected chi connectivity index (χ0v) is 20.4. The molecule has 1 aromatic heterocycles. The number of hydrogen-bond acceptors (Lipinski definition) is 5. The summed E-state index contributed by atoms with van der Waals surface area (Å²) in [4.78, 5) is 28.3. The van der Waals surface area contributed by atoms with Crippen molar-refractivity contribution in [2.45, 2.75) is 58.7 Å². The first-order valence-corrected chi connectivity index (χ1v) is 12.7. The third-order valence-corrected chi connectivity index (χ3v) is 7.82. The van der Waals surface area contributed by atoms with Crippen molar-refractivity contribution in [2.24, 2.45) is 17.8 Å². The smallest absolute Gasteiger partial charge is 0.238 e. The molecular weight excluding hydrogens is 442 g/mol. The van der Waals surface area contributed by atoms with Crippen LogP contribution >= 0.6 is 0 Å². The Bertz CT molecular complexity index is 1160. The number of aliphatic hydroxyl groups excluding tert-OH is 1. The Labute approximate surface area is 206 Å². The first-order chi connectivity index (χ1) is 17.0. The number of carbonyl (C=O) groups is 2. The molecule has 0 bridgehead atoms. The average Bonchev–Trinajstić information content (AvgIpc) is 3.58. The lowest BCUT2D eigenvalue weighted by molar-refractivity contribution is -0.122. The van der Waals surface area contributed by atoms with Crippen LogP contribution in [0.25, 0.3) is 6.08 Å². The summed E-state index contributed by atoms with van der Waals surface area (Å²) in [6.45, 7) is 4.66. The highest BCUT2D eigenvalue weighted by atomic mass is 16.5. The van der Waals surface area contributed by atoms with Gasteiger partial charge in [0.2, 0.25) is 11.8 Å². The predicted octanol–water partition coefficient (Wildman–Crippen LogP) is 5.28. The number of para-hydroxylation sites is 1. The third-order valence-electron chi connectivity index (χ3n) is 7.82. The zero-order chi connectivity index (χ0) is 24.5. The van der Waals surface area contributed by atoms with Crippen LogP contribution in [0, 0.1) is 17.8 Å². The first-order valence-electron chi connectivity index (χ1n) is 12.7. The Balaban J connectivity index is 1.35. The van der Waals surface area contributed by atoms with Gasteiger partial charge < -0.3 is 14.3 Å². The van der Waals surface area contributed by atoms with E-state index in [2.05, 4.69) is 19.9 Å². The molecule has 4 atom stereocenters. The number of furan rings is 1. The molecule has 6 nitrogen and oxygen atoms in total. The minimum Gasteiger partial charge on any atom is -0.459 e. The van der Waals surface area contributed by atoms with Crippen LogP contribution in [0.15, 0.2) is 63.6 Å². The monoisotopic (exact) mass is 475 g/mol. The Morgan fingerprint density at radius 3 is 2.57 bits per heavy atom. The number of nitrogens with zero attached hydrogens (tertiary/aromatic N) is 1. The van der Waals surface area contributed by atoms with Crippen molar-refractivity contribution in [3.05, 3.63) is 70.7 Å². The van der Waals surface area contributed by atoms with E-state index in [4.69, 9.17) is 9.15 Å². The molecule has 2 saturated heterocycles. The number of aliphatic hydroxyl groups is 1. The van der Waals surface area contributed by atoms with Crippen LogP contribution in [0.2, 0.25) is 0 Å². The molecule has 35 heavy (non-hydrogen) atoms. The lowest BCUT2D eigenvalue weighted by atomic mass is 9.69. The second-order valence-corrected chi connectivity index (χ2v) is 9.68. The highest BCUT2D eigenvalue weighted by Crippen LogP contribution is 2.51. The highest BCUT2D eigenvalue weighted by molar-refractivity contribution is 6.22. The molecule has 3 aliphatic rings. The Morgan fingerprint density at radius 1 is 1.09 bits per heavy atom. The molecule has 2 aliphatic heterocycles. The maximum absolute atomic E-state index is 13.5. The number of imide groups is 1. The molecule has 1 aliphatic carbocycles. The summed E-state index contributed by atoms with van der Waals surface area (Å²) >= 11 is 0. The lowest BCUT2D eigenvalue weighted by Gasteiger charge is -2.31. The molecule has 1 N–H and O–H groups in total. The third kappa shape index (κ3) is 4.30. The molecule has 3 heterocycles. The summed E-state index contributed by atoms with van der Waals surface area (Å²) < 4.78 is 11.9. The van der Waals surface area contributed by atoms with Crippen molar-refractivity contribution >= 4 is 23.6 Å². The largest absolute Gasteiger partial charge is 0.459 e. The van der Waals surface area contributed by atoms with Gasteiger partial charge in [0, 0.05) is 5.92 Å².